The average Bonchev–Trinajstić information content (AvgIpc) is 3.10. The summed E-state index contributed by atoms with van der Waals surface area (Å²) in [7, 11) is 0. The lowest BCUT2D eigenvalue weighted by molar-refractivity contribution is 0.482. The van der Waals surface area contributed by atoms with Crippen LogP contribution in [0.15, 0.2) is 30.3 Å². The Kier molecular flexibility index (Phi) is 3.03. The molecule has 0 aliphatic heterocycles. The fourth-order valence-electron chi connectivity index (χ4n) is 1.82. The van der Waals surface area contributed by atoms with Crippen LogP contribution in [0.3, 0.4) is 0 Å². The van der Waals surface area contributed by atoms with Crippen molar-refractivity contribution in [2.24, 2.45) is 5.92 Å². The van der Waals surface area contributed by atoms with E-state index in [4.69, 9.17) is 5.26 Å². The van der Waals surface area contributed by atoms with Crippen LogP contribution in [0.5, 0.6) is 0 Å². The molecule has 2 unspecified atom stereocenters. The van der Waals surface area contributed by atoms with E-state index in [2.05, 4.69) is 30.4 Å². The molecule has 1 aromatic carbocycles. The molecule has 1 N–H and O–H groups in total. The Morgan fingerprint density at radius 2 is 2.00 bits per heavy atom. The third-order valence-electron chi connectivity index (χ3n) is 2.96. The highest BCUT2D eigenvalue weighted by Crippen LogP contribution is 2.33. The fraction of sp³-hybridized carbons (Fsp3) is 0.462. The number of nitriles is 1. The van der Waals surface area contributed by atoms with Crippen molar-refractivity contribution in [1.82, 2.24) is 5.32 Å². The Balaban J connectivity index is 1.97. The van der Waals surface area contributed by atoms with Gasteiger partial charge in [0.25, 0.3) is 0 Å². The van der Waals surface area contributed by atoms with Crippen molar-refractivity contribution in [2.45, 2.75) is 31.8 Å². The van der Waals surface area contributed by atoms with Crippen LogP contribution in [0, 0.1) is 17.2 Å². The van der Waals surface area contributed by atoms with Crippen LogP contribution in [0.4, 0.5) is 0 Å². The van der Waals surface area contributed by atoms with E-state index in [0.717, 1.165) is 0 Å². The highest BCUT2D eigenvalue weighted by Gasteiger charge is 2.31. The molecule has 1 aliphatic rings. The van der Waals surface area contributed by atoms with Gasteiger partial charge in [-0.25, -0.2) is 0 Å². The summed E-state index contributed by atoms with van der Waals surface area (Å²) in [5.41, 5.74) is 1.25. The van der Waals surface area contributed by atoms with Crippen molar-refractivity contribution in [1.29, 1.82) is 5.26 Å². The van der Waals surface area contributed by atoms with Gasteiger partial charge in [-0.05, 0) is 31.2 Å². The highest BCUT2D eigenvalue weighted by atomic mass is 15.0. The number of hydrogen-bond donors (Lipinski definition) is 1. The molecule has 78 valence electrons. The molecule has 0 radical (unpaired) electrons. The molecule has 2 rings (SSSR count). The monoisotopic (exact) mass is 200 g/mol. The Hall–Kier alpha value is -1.33. The molecule has 0 saturated heterocycles. The molecule has 0 amide bonds. The smallest absolute Gasteiger partial charge is 0.0986 e. The summed E-state index contributed by atoms with van der Waals surface area (Å²) in [6.45, 7) is 2.11. The van der Waals surface area contributed by atoms with E-state index in [9.17, 15) is 0 Å². The molecule has 1 aromatic rings. The summed E-state index contributed by atoms with van der Waals surface area (Å²) in [6.07, 6.45) is 2.40. The van der Waals surface area contributed by atoms with Gasteiger partial charge in [-0.1, -0.05) is 30.3 Å². The lowest BCUT2D eigenvalue weighted by Crippen LogP contribution is -2.31. The number of nitrogens with zero attached hydrogens (tertiary/aromatic N) is 1. The Morgan fingerprint density at radius 1 is 1.33 bits per heavy atom. The molecule has 0 bridgehead atoms. The first-order valence-electron chi connectivity index (χ1n) is 5.52. The summed E-state index contributed by atoms with van der Waals surface area (Å²) in [6, 6.07) is 12.9. The zero-order chi connectivity index (χ0) is 10.7. The van der Waals surface area contributed by atoms with Gasteiger partial charge in [-0.3, -0.25) is 5.32 Å². The van der Waals surface area contributed by atoms with Gasteiger partial charge in [-0.15, -0.1) is 0 Å². The standard InChI is InChI=1S/C13H16N2/c1-10(11-5-3-2-4-6-11)15-13(9-14)12-7-8-12/h2-6,10,12-13,15H,7-8H2,1H3. The van der Waals surface area contributed by atoms with E-state index in [1.807, 2.05) is 18.2 Å². The van der Waals surface area contributed by atoms with E-state index >= 15 is 0 Å². The van der Waals surface area contributed by atoms with E-state index in [1.54, 1.807) is 0 Å². The van der Waals surface area contributed by atoms with Crippen LogP contribution < -0.4 is 5.32 Å². The highest BCUT2D eigenvalue weighted by molar-refractivity contribution is 5.19. The molecule has 0 aromatic heterocycles. The number of benzene rings is 1. The number of nitrogens with one attached hydrogen (secondary N) is 1. The van der Waals surface area contributed by atoms with Gasteiger partial charge in [0, 0.05) is 6.04 Å². The molecule has 1 saturated carbocycles. The minimum Gasteiger partial charge on any atom is -0.295 e. The summed E-state index contributed by atoms with van der Waals surface area (Å²) in [5, 5.41) is 12.4. The minimum absolute atomic E-state index is 0.0280. The van der Waals surface area contributed by atoms with Gasteiger partial charge in [0.1, 0.15) is 0 Å². The SMILES string of the molecule is CC(NC(C#N)C1CC1)c1ccccc1. The minimum atomic E-state index is 0.0280. The fourth-order valence-corrected chi connectivity index (χ4v) is 1.82. The molecule has 1 fully saturated rings. The van der Waals surface area contributed by atoms with Crippen LogP contribution in [0.25, 0.3) is 0 Å². The van der Waals surface area contributed by atoms with E-state index in [-0.39, 0.29) is 12.1 Å². The molecule has 15 heavy (non-hydrogen) atoms. The third-order valence-corrected chi connectivity index (χ3v) is 2.96. The van der Waals surface area contributed by atoms with Crippen molar-refractivity contribution >= 4 is 0 Å². The molecular weight excluding hydrogens is 184 g/mol. The predicted molar refractivity (Wildman–Crippen MR) is 60.1 cm³/mol. The van der Waals surface area contributed by atoms with Gasteiger partial charge in [0.2, 0.25) is 0 Å². The van der Waals surface area contributed by atoms with Crippen LogP contribution >= 0.6 is 0 Å². The Morgan fingerprint density at radius 3 is 2.53 bits per heavy atom. The molecule has 2 atom stereocenters. The molecule has 2 nitrogen and oxygen atoms in total. The number of rotatable bonds is 4. The Labute approximate surface area is 90.9 Å². The summed E-state index contributed by atoms with van der Waals surface area (Å²) in [5.74, 6) is 0.584. The molecule has 1 aliphatic carbocycles. The van der Waals surface area contributed by atoms with Crippen molar-refractivity contribution < 1.29 is 0 Å². The number of hydrogen-bond acceptors (Lipinski definition) is 2. The first-order valence-corrected chi connectivity index (χ1v) is 5.52. The quantitative estimate of drug-likeness (QED) is 0.811. The normalized spacial score (nSPS) is 19.2. The second kappa shape index (κ2) is 4.46. The first-order chi connectivity index (χ1) is 7.31. The van der Waals surface area contributed by atoms with Crippen LogP contribution in [0.2, 0.25) is 0 Å². The lowest BCUT2D eigenvalue weighted by atomic mass is 10.1. The summed E-state index contributed by atoms with van der Waals surface area (Å²) in [4.78, 5) is 0. The summed E-state index contributed by atoms with van der Waals surface area (Å²) >= 11 is 0. The van der Waals surface area contributed by atoms with Crippen LogP contribution in [-0.2, 0) is 0 Å². The van der Waals surface area contributed by atoms with Crippen LogP contribution in [0.1, 0.15) is 31.4 Å². The van der Waals surface area contributed by atoms with Crippen molar-refractivity contribution in [2.75, 3.05) is 0 Å². The molecule has 2 heteroatoms. The predicted octanol–water partition coefficient (Wildman–Crippen LogP) is 2.64. The van der Waals surface area contributed by atoms with E-state index in [1.165, 1.54) is 18.4 Å². The van der Waals surface area contributed by atoms with Crippen molar-refractivity contribution in [3.05, 3.63) is 35.9 Å². The topological polar surface area (TPSA) is 35.8 Å². The second-order valence-corrected chi connectivity index (χ2v) is 4.24. The van der Waals surface area contributed by atoms with Gasteiger partial charge in [-0.2, -0.15) is 5.26 Å². The van der Waals surface area contributed by atoms with E-state index < -0.39 is 0 Å². The molecule has 0 heterocycles. The van der Waals surface area contributed by atoms with Gasteiger partial charge >= 0.3 is 0 Å². The van der Waals surface area contributed by atoms with Gasteiger partial charge < -0.3 is 0 Å². The summed E-state index contributed by atoms with van der Waals surface area (Å²) < 4.78 is 0. The maximum absolute atomic E-state index is 9.02. The largest absolute Gasteiger partial charge is 0.295 e. The van der Waals surface area contributed by atoms with Gasteiger partial charge in [0.15, 0.2) is 0 Å². The third kappa shape index (κ3) is 2.57. The molecule has 0 spiro atoms. The van der Waals surface area contributed by atoms with Crippen molar-refractivity contribution in [3.8, 4) is 6.07 Å². The van der Waals surface area contributed by atoms with Crippen molar-refractivity contribution in [3.63, 3.8) is 0 Å². The Bertz CT molecular complexity index is 349. The maximum atomic E-state index is 9.02. The maximum Gasteiger partial charge on any atom is 0.0986 e. The lowest BCUT2D eigenvalue weighted by Gasteiger charge is -2.18. The van der Waals surface area contributed by atoms with Crippen LogP contribution in [-0.4, -0.2) is 6.04 Å². The zero-order valence-corrected chi connectivity index (χ0v) is 8.98. The first kappa shape index (κ1) is 10.2. The second-order valence-electron chi connectivity index (χ2n) is 4.24. The average molecular weight is 200 g/mol. The van der Waals surface area contributed by atoms with E-state index in [0.29, 0.717) is 5.92 Å². The zero-order valence-electron chi connectivity index (χ0n) is 8.98. The van der Waals surface area contributed by atoms with Gasteiger partial charge in [0.05, 0.1) is 12.1 Å². The molecular formula is C13H16N2.